The highest BCUT2D eigenvalue weighted by Crippen LogP contribution is 2.11. The van der Waals surface area contributed by atoms with E-state index in [0.717, 1.165) is 5.56 Å². The number of aromatic hydroxyl groups is 1. The number of carboxylic acids is 1. The van der Waals surface area contributed by atoms with Crippen LogP contribution in [0.4, 0.5) is 0 Å². The predicted molar refractivity (Wildman–Crippen MR) is 78.8 cm³/mol. The molecule has 1 amide bonds. The summed E-state index contributed by atoms with van der Waals surface area (Å²) in [6, 6.07) is 4.61. The SMILES string of the molecule is CC(C)C[C@H](NC(=O)[C@H](N)Cc1ccc(O)cc1)C(=O)O. The lowest BCUT2D eigenvalue weighted by Crippen LogP contribution is -2.49. The van der Waals surface area contributed by atoms with Gasteiger partial charge in [-0.25, -0.2) is 4.79 Å². The Morgan fingerprint density at radius 2 is 1.81 bits per heavy atom. The average Bonchev–Trinajstić information content (AvgIpc) is 2.39. The molecule has 0 radical (unpaired) electrons. The van der Waals surface area contributed by atoms with Crippen LogP contribution in [0.3, 0.4) is 0 Å². The van der Waals surface area contributed by atoms with Crippen molar-refractivity contribution in [3.63, 3.8) is 0 Å². The summed E-state index contributed by atoms with van der Waals surface area (Å²) in [6.45, 7) is 3.77. The van der Waals surface area contributed by atoms with Crippen molar-refractivity contribution in [3.05, 3.63) is 29.8 Å². The van der Waals surface area contributed by atoms with Gasteiger partial charge in [0.15, 0.2) is 0 Å². The van der Waals surface area contributed by atoms with Gasteiger partial charge in [-0.15, -0.1) is 0 Å². The monoisotopic (exact) mass is 294 g/mol. The molecule has 0 aliphatic carbocycles. The van der Waals surface area contributed by atoms with E-state index in [1.165, 1.54) is 12.1 Å². The second-order valence-corrected chi connectivity index (χ2v) is 5.51. The number of carboxylic acid groups (broad SMARTS) is 1. The van der Waals surface area contributed by atoms with E-state index in [0.29, 0.717) is 6.42 Å². The molecule has 0 fully saturated rings. The first-order chi connectivity index (χ1) is 9.79. The number of nitrogens with two attached hydrogens (primary N) is 1. The summed E-state index contributed by atoms with van der Waals surface area (Å²) in [4.78, 5) is 23.1. The zero-order valence-corrected chi connectivity index (χ0v) is 12.2. The average molecular weight is 294 g/mol. The molecule has 116 valence electrons. The Labute approximate surface area is 124 Å². The molecule has 0 saturated heterocycles. The van der Waals surface area contributed by atoms with Crippen LogP contribution in [0.15, 0.2) is 24.3 Å². The fraction of sp³-hybridized carbons (Fsp3) is 0.467. The minimum Gasteiger partial charge on any atom is -0.508 e. The van der Waals surface area contributed by atoms with Gasteiger partial charge in [-0.2, -0.15) is 0 Å². The van der Waals surface area contributed by atoms with E-state index in [4.69, 9.17) is 10.8 Å². The number of nitrogens with one attached hydrogen (secondary N) is 1. The smallest absolute Gasteiger partial charge is 0.326 e. The lowest BCUT2D eigenvalue weighted by atomic mass is 10.0. The normalized spacial score (nSPS) is 13.7. The summed E-state index contributed by atoms with van der Waals surface area (Å²) in [7, 11) is 0. The van der Waals surface area contributed by atoms with Crippen LogP contribution in [0, 0.1) is 5.92 Å². The lowest BCUT2D eigenvalue weighted by molar-refractivity contribution is -0.142. The van der Waals surface area contributed by atoms with Crippen LogP contribution >= 0.6 is 0 Å². The third kappa shape index (κ3) is 5.83. The van der Waals surface area contributed by atoms with Crippen LogP contribution in [-0.4, -0.2) is 34.2 Å². The van der Waals surface area contributed by atoms with Crippen LogP contribution in [0.2, 0.25) is 0 Å². The Balaban J connectivity index is 2.60. The molecule has 0 aliphatic rings. The molecule has 6 heteroatoms. The molecule has 0 spiro atoms. The van der Waals surface area contributed by atoms with E-state index >= 15 is 0 Å². The molecule has 1 aromatic carbocycles. The van der Waals surface area contributed by atoms with Crippen molar-refractivity contribution >= 4 is 11.9 Å². The van der Waals surface area contributed by atoms with E-state index < -0.39 is 24.0 Å². The van der Waals surface area contributed by atoms with E-state index in [-0.39, 0.29) is 18.1 Å². The van der Waals surface area contributed by atoms with Crippen molar-refractivity contribution in [2.75, 3.05) is 0 Å². The molecular weight excluding hydrogens is 272 g/mol. The number of carbonyl (C=O) groups is 2. The lowest BCUT2D eigenvalue weighted by Gasteiger charge is -2.19. The third-order valence-corrected chi connectivity index (χ3v) is 3.05. The number of rotatable bonds is 7. The quantitative estimate of drug-likeness (QED) is 0.596. The summed E-state index contributed by atoms with van der Waals surface area (Å²) in [5, 5.41) is 20.7. The van der Waals surface area contributed by atoms with Gasteiger partial charge in [-0.1, -0.05) is 26.0 Å². The van der Waals surface area contributed by atoms with E-state index in [1.54, 1.807) is 12.1 Å². The number of carbonyl (C=O) groups excluding carboxylic acids is 1. The summed E-state index contributed by atoms with van der Waals surface area (Å²) < 4.78 is 0. The molecule has 0 aromatic heterocycles. The number of hydrogen-bond acceptors (Lipinski definition) is 4. The Morgan fingerprint density at radius 1 is 1.24 bits per heavy atom. The minimum absolute atomic E-state index is 0.139. The molecular formula is C15H22N2O4. The minimum atomic E-state index is -1.06. The van der Waals surface area contributed by atoms with Crippen molar-refractivity contribution < 1.29 is 19.8 Å². The summed E-state index contributed by atoms with van der Waals surface area (Å²) >= 11 is 0. The zero-order valence-electron chi connectivity index (χ0n) is 12.2. The number of hydrogen-bond donors (Lipinski definition) is 4. The molecule has 0 bridgehead atoms. The molecule has 0 unspecified atom stereocenters. The summed E-state index contributed by atoms with van der Waals surface area (Å²) in [5.41, 5.74) is 6.60. The van der Waals surface area contributed by atoms with Crippen LogP contribution in [0.1, 0.15) is 25.8 Å². The Kier molecular flexibility index (Phi) is 6.17. The molecule has 21 heavy (non-hydrogen) atoms. The molecule has 0 heterocycles. The molecule has 1 rings (SSSR count). The van der Waals surface area contributed by atoms with Gasteiger partial charge in [0.25, 0.3) is 0 Å². The molecule has 1 aromatic rings. The largest absolute Gasteiger partial charge is 0.508 e. The highest BCUT2D eigenvalue weighted by molar-refractivity contribution is 5.86. The van der Waals surface area contributed by atoms with Crippen molar-refractivity contribution in [3.8, 4) is 5.75 Å². The van der Waals surface area contributed by atoms with E-state index in [2.05, 4.69) is 5.32 Å². The maximum atomic E-state index is 12.0. The Hall–Kier alpha value is -2.08. The van der Waals surface area contributed by atoms with E-state index in [9.17, 15) is 14.7 Å². The highest BCUT2D eigenvalue weighted by atomic mass is 16.4. The maximum Gasteiger partial charge on any atom is 0.326 e. The van der Waals surface area contributed by atoms with Gasteiger partial charge >= 0.3 is 5.97 Å². The second-order valence-electron chi connectivity index (χ2n) is 5.51. The van der Waals surface area contributed by atoms with Crippen molar-refractivity contribution in [1.82, 2.24) is 5.32 Å². The predicted octanol–water partition coefficient (Wildman–Crippen LogP) is 0.877. The van der Waals surface area contributed by atoms with Crippen LogP contribution in [0.25, 0.3) is 0 Å². The first kappa shape index (κ1) is 17.0. The first-order valence-electron chi connectivity index (χ1n) is 6.86. The van der Waals surface area contributed by atoms with Crippen molar-refractivity contribution in [2.24, 2.45) is 11.7 Å². The summed E-state index contributed by atoms with van der Waals surface area (Å²) in [6.07, 6.45) is 0.632. The molecule has 0 aliphatic heterocycles. The van der Waals surface area contributed by atoms with Gasteiger partial charge in [0.1, 0.15) is 11.8 Å². The molecule has 5 N–H and O–H groups in total. The van der Waals surface area contributed by atoms with Crippen LogP contribution < -0.4 is 11.1 Å². The first-order valence-corrected chi connectivity index (χ1v) is 6.86. The zero-order chi connectivity index (χ0) is 16.0. The van der Waals surface area contributed by atoms with Crippen LogP contribution in [0.5, 0.6) is 5.75 Å². The molecule has 6 nitrogen and oxygen atoms in total. The number of aliphatic carboxylic acids is 1. The number of benzene rings is 1. The fourth-order valence-corrected chi connectivity index (χ4v) is 1.95. The number of amides is 1. The van der Waals surface area contributed by atoms with Gasteiger partial charge in [0.2, 0.25) is 5.91 Å². The highest BCUT2D eigenvalue weighted by Gasteiger charge is 2.24. The Bertz CT molecular complexity index is 485. The second kappa shape index (κ2) is 7.64. The van der Waals surface area contributed by atoms with Gasteiger partial charge in [0, 0.05) is 0 Å². The molecule has 2 atom stereocenters. The van der Waals surface area contributed by atoms with Gasteiger partial charge in [-0.05, 0) is 36.5 Å². The standard InChI is InChI=1S/C15H22N2O4/c1-9(2)7-13(15(20)21)17-14(19)12(16)8-10-3-5-11(18)6-4-10/h3-6,9,12-13,18H,7-8,16H2,1-2H3,(H,17,19)(H,20,21)/t12-,13+/m1/s1. The van der Waals surface area contributed by atoms with Crippen molar-refractivity contribution in [2.45, 2.75) is 38.8 Å². The fourth-order valence-electron chi connectivity index (χ4n) is 1.95. The Morgan fingerprint density at radius 3 is 2.29 bits per heavy atom. The summed E-state index contributed by atoms with van der Waals surface area (Å²) in [5.74, 6) is -1.26. The van der Waals surface area contributed by atoms with Gasteiger partial charge in [-0.3, -0.25) is 4.79 Å². The third-order valence-electron chi connectivity index (χ3n) is 3.05. The number of phenolic OH excluding ortho intramolecular Hbond substituents is 1. The van der Waals surface area contributed by atoms with E-state index in [1.807, 2.05) is 13.8 Å². The van der Waals surface area contributed by atoms with Gasteiger partial charge < -0.3 is 21.3 Å². The topological polar surface area (TPSA) is 113 Å². The maximum absolute atomic E-state index is 12.0. The number of phenols is 1. The van der Waals surface area contributed by atoms with Gasteiger partial charge in [0.05, 0.1) is 6.04 Å². The van der Waals surface area contributed by atoms with Crippen molar-refractivity contribution in [1.29, 1.82) is 0 Å². The molecule has 0 saturated carbocycles. The van der Waals surface area contributed by atoms with Crippen LogP contribution in [-0.2, 0) is 16.0 Å².